The van der Waals surface area contributed by atoms with E-state index in [0.717, 1.165) is 11.0 Å². The number of carbonyl (C=O) groups excluding carboxylic acids is 1. The summed E-state index contributed by atoms with van der Waals surface area (Å²) >= 11 is 3.37. The van der Waals surface area contributed by atoms with Crippen molar-refractivity contribution in [1.82, 2.24) is 5.32 Å². The lowest BCUT2D eigenvalue weighted by Gasteiger charge is -2.26. The summed E-state index contributed by atoms with van der Waals surface area (Å²) in [5.41, 5.74) is -0.135. The lowest BCUT2D eigenvalue weighted by atomic mass is 9.79. The van der Waals surface area contributed by atoms with E-state index < -0.39 is 5.41 Å². The maximum absolute atomic E-state index is 13.3. The van der Waals surface area contributed by atoms with Crippen molar-refractivity contribution in [3.63, 3.8) is 0 Å². The summed E-state index contributed by atoms with van der Waals surface area (Å²) < 4.78 is 18.9. The molecule has 0 aliphatic carbocycles. The lowest BCUT2D eigenvalue weighted by Crippen LogP contribution is -2.39. The van der Waals surface area contributed by atoms with Gasteiger partial charge in [0, 0.05) is 11.0 Å². The Bertz CT molecular complexity index is 444. The molecule has 1 saturated heterocycles. The Balaban J connectivity index is 2.53. The molecule has 0 radical (unpaired) electrons. The van der Waals surface area contributed by atoms with E-state index in [1.807, 2.05) is 0 Å². The number of halogens is 2. The third kappa shape index (κ3) is 2.09. The van der Waals surface area contributed by atoms with Crippen molar-refractivity contribution in [3.8, 4) is 0 Å². The van der Waals surface area contributed by atoms with E-state index in [1.54, 1.807) is 6.07 Å². The zero-order chi connectivity index (χ0) is 12.5. The Kier molecular flexibility index (Phi) is 3.49. The first-order valence-corrected chi connectivity index (χ1v) is 6.14. The fourth-order valence-corrected chi connectivity index (χ4v) is 2.89. The first-order valence-electron chi connectivity index (χ1n) is 5.35. The molecule has 92 valence electrons. The van der Waals surface area contributed by atoms with Crippen LogP contribution >= 0.6 is 15.9 Å². The largest absolute Gasteiger partial charge is 0.468 e. The highest BCUT2D eigenvalue weighted by Gasteiger charge is 2.45. The maximum Gasteiger partial charge on any atom is 0.317 e. The predicted molar refractivity (Wildman–Crippen MR) is 65.3 cm³/mol. The molecular weight excluding hydrogens is 289 g/mol. The summed E-state index contributed by atoms with van der Waals surface area (Å²) in [6, 6.07) is 4.38. The molecule has 1 atom stereocenters. The standard InChI is InChI=1S/C12H13BrFNO2/c1-17-11(16)12(4-5-15-7-12)9-6-8(14)2-3-10(9)13/h2-3,6,15H,4-5,7H2,1H3. The van der Waals surface area contributed by atoms with Gasteiger partial charge in [-0.1, -0.05) is 15.9 Å². The minimum atomic E-state index is -0.782. The summed E-state index contributed by atoms with van der Waals surface area (Å²) in [4.78, 5) is 12.0. The van der Waals surface area contributed by atoms with E-state index in [0.29, 0.717) is 18.5 Å². The molecule has 1 aliphatic heterocycles. The quantitative estimate of drug-likeness (QED) is 0.849. The fourth-order valence-electron chi connectivity index (χ4n) is 2.27. The number of hydrogen-bond donors (Lipinski definition) is 1. The van der Waals surface area contributed by atoms with Gasteiger partial charge in [-0.25, -0.2) is 4.39 Å². The minimum Gasteiger partial charge on any atom is -0.468 e. The van der Waals surface area contributed by atoms with Crippen LogP contribution in [0.4, 0.5) is 4.39 Å². The average Bonchev–Trinajstić information content (AvgIpc) is 2.81. The van der Waals surface area contributed by atoms with Gasteiger partial charge in [0.1, 0.15) is 11.2 Å². The molecule has 1 heterocycles. The molecule has 0 saturated carbocycles. The molecule has 0 aromatic heterocycles. The van der Waals surface area contributed by atoms with Gasteiger partial charge in [-0.3, -0.25) is 4.79 Å². The molecule has 1 aromatic carbocycles. The Hall–Kier alpha value is -0.940. The highest BCUT2D eigenvalue weighted by Crippen LogP contribution is 2.37. The zero-order valence-corrected chi connectivity index (χ0v) is 11.0. The molecule has 1 unspecified atom stereocenters. The molecule has 1 aliphatic rings. The van der Waals surface area contributed by atoms with Crippen LogP contribution in [-0.2, 0) is 14.9 Å². The van der Waals surface area contributed by atoms with Gasteiger partial charge in [-0.2, -0.15) is 0 Å². The molecular formula is C12H13BrFNO2. The third-order valence-corrected chi connectivity index (χ3v) is 3.87. The molecule has 1 N–H and O–H groups in total. The number of benzene rings is 1. The number of esters is 1. The van der Waals surface area contributed by atoms with Crippen LogP contribution in [0.15, 0.2) is 22.7 Å². The van der Waals surface area contributed by atoms with E-state index in [2.05, 4.69) is 21.2 Å². The van der Waals surface area contributed by atoms with Crippen molar-refractivity contribution in [2.24, 2.45) is 0 Å². The van der Waals surface area contributed by atoms with Crippen LogP contribution in [0.1, 0.15) is 12.0 Å². The average molecular weight is 302 g/mol. The Morgan fingerprint density at radius 2 is 2.35 bits per heavy atom. The van der Waals surface area contributed by atoms with Gasteiger partial charge < -0.3 is 10.1 Å². The van der Waals surface area contributed by atoms with E-state index in [4.69, 9.17) is 4.74 Å². The molecule has 1 aromatic rings. The van der Waals surface area contributed by atoms with Gasteiger partial charge in [0.2, 0.25) is 0 Å². The summed E-state index contributed by atoms with van der Waals surface area (Å²) in [5, 5.41) is 3.13. The van der Waals surface area contributed by atoms with E-state index in [1.165, 1.54) is 19.2 Å². The Morgan fingerprint density at radius 1 is 1.59 bits per heavy atom. The van der Waals surface area contributed by atoms with Crippen LogP contribution in [0.25, 0.3) is 0 Å². The maximum atomic E-state index is 13.3. The van der Waals surface area contributed by atoms with Crippen LogP contribution in [0.2, 0.25) is 0 Å². The van der Waals surface area contributed by atoms with Crippen LogP contribution in [-0.4, -0.2) is 26.2 Å². The summed E-state index contributed by atoms with van der Waals surface area (Å²) in [6.07, 6.45) is 0.613. The smallest absolute Gasteiger partial charge is 0.317 e. The molecule has 5 heteroatoms. The molecule has 0 spiro atoms. The molecule has 0 bridgehead atoms. The van der Waals surface area contributed by atoms with Crippen molar-refractivity contribution >= 4 is 21.9 Å². The van der Waals surface area contributed by atoms with Crippen LogP contribution in [0.3, 0.4) is 0 Å². The topological polar surface area (TPSA) is 38.3 Å². The van der Waals surface area contributed by atoms with Gasteiger partial charge in [0.25, 0.3) is 0 Å². The SMILES string of the molecule is COC(=O)C1(c2cc(F)ccc2Br)CCNC1. The number of hydrogen-bond acceptors (Lipinski definition) is 3. The van der Waals surface area contributed by atoms with Gasteiger partial charge in [0.05, 0.1) is 7.11 Å². The second kappa shape index (κ2) is 4.74. The van der Waals surface area contributed by atoms with E-state index in [9.17, 15) is 9.18 Å². The van der Waals surface area contributed by atoms with E-state index in [-0.39, 0.29) is 11.8 Å². The van der Waals surface area contributed by atoms with Crippen LogP contribution in [0, 0.1) is 5.82 Å². The number of methoxy groups -OCH3 is 1. The van der Waals surface area contributed by atoms with Gasteiger partial charge in [-0.05, 0) is 36.7 Å². The normalized spacial score (nSPS) is 23.7. The number of carbonyl (C=O) groups is 1. The second-order valence-electron chi connectivity index (χ2n) is 4.12. The summed E-state index contributed by atoms with van der Waals surface area (Å²) in [7, 11) is 1.36. The van der Waals surface area contributed by atoms with Crippen molar-refractivity contribution in [1.29, 1.82) is 0 Å². The van der Waals surface area contributed by atoms with Crippen molar-refractivity contribution in [2.45, 2.75) is 11.8 Å². The number of rotatable bonds is 2. The van der Waals surface area contributed by atoms with Crippen LogP contribution < -0.4 is 5.32 Å². The summed E-state index contributed by atoms with van der Waals surface area (Å²) in [6.45, 7) is 1.19. The van der Waals surface area contributed by atoms with Crippen molar-refractivity contribution < 1.29 is 13.9 Å². The Morgan fingerprint density at radius 3 is 2.94 bits per heavy atom. The molecule has 2 rings (SSSR count). The molecule has 3 nitrogen and oxygen atoms in total. The second-order valence-corrected chi connectivity index (χ2v) is 4.98. The van der Waals surface area contributed by atoms with E-state index >= 15 is 0 Å². The third-order valence-electron chi connectivity index (χ3n) is 3.18. The van der Waals surface area contributed by atoms with Gasteiger partial charge in [0.15, 0.2) is 0 Å². The monoisotopic (exact) mass is 301 g/mol. The van der Waals surface area contributed by atoms with Crippen LogP contribution in [0.5, 0.6) is 0 Å². The number of ether oxygens (including phenoxy) is 1. The van der Waals surface area contributed by atoms with Crippen molar-refractivity contribution in [3.05, 3.63) is 34.1 Å². The lowest BCUT2D eigenvalue weighted by molar-refractivity contribution is -0.146. The first-order chi connectivity index (χ1) is 8.10. The zero-order valence-electron chi connectivity index (χ0n) is 9.43. The van der Waals surface area contributed by atoms with Gasteiger partial charge >= 0.3 is 5.97 Å². The molecule has 17 heavy (non-hydrogen) atoms. The summed E-state index contributed by atoms with van der Waals surface area (Å²) in [5.74, 6) is -0.674. The Labute approximate surface area is 107 Å². The highest BCUT2D eigenvalue weighted by molar-refractivity contribution is 9.10. The predicted octanol–water partition coefficient (Wildman–Crippen LogP) is 1.99. The molecule has 1 fully saturated rings. The fraction of sp³-hybridized carbons (Fsp3) is 0.417. The first kappa shape index (κ1) is 12.5. The number of nitrogens with one attached hydrogen (secondary N) is 1. The van der Waals surface area contributed by atoms with Gasteiger partial charge in [-0.15, -0.1) is 0 Å². The minimum absolute atomic E-state index is 0.325. The highest BCUT2D eigenvalue weighted by atomic mass is 79.9. The van der Waals surface area contributed by atoms with Crippen molar-refractivity contribution in [2.75, 3.05) is 20.2 Å². The molecule has 0 amide bonds.